The molecule has 0 fully saturated rings. The lowest BCUT2D eigenvalue weighted by Crippen LogP contribution is -2.04. The zero-order valence-electron chi connectivity index (χ0n) is 16.5. The smallest absolute Gasteiger partial charge is 0.189 e. The number of nitrogens with one attached hydrogen (secondary N) is 2. The second kappa shape index (κ2) is 7.85. The number of aromatic nitrogens is 4. The maximum Gasteiger partial charge on any atom is 0.189 e. The number of nitrogens with zero attached hydrogens (tertiary/aromatic N) is 4. The number of benzene rings is 2. The van der Waals surface area contributed by atoms with E-state index in [-0.39, 0.29) is 0 Å². The minimum absolute atomic E-state index is 0.371. The van der Waals surface area contributed by atoms with Crippen LogP contribution >= 0.6 is 22.7 Å². The fraction of sp³-hybridized carbons (Fsp3) is 0.100. The molecule has 0 unspecified atom stereocenters. The topological polar surface area (TPSA) is 120 Å². The van der Waals surface area contributed by atoms with E-state index in [1.807, 2.05) is 36.4 Å². The molecule has 156 valence electrons. The molecule has 0 bridgehead atoms. The summed E-state index contributed by atoms with van der Waals surface area (Å²) in [4.78, 5) is 17.7. The highest BCUT2D eigenvalue weighted by Crippen LogP contribution is 2.35. The first-order valence-electron chi connectivity index (χ1n) is 9.16. The van der Waals surface area contributed by atoms with E-state index in [4.69, 9.17) is 15.2 Å². The first kappa shape index (κ1) is 19.3. The summed E-state index contributed by atoms with van der Waals surface area (Å²) in [6.45, 7) is 0. The molecular formula is C20H17N7O2S2. The average Bonchev–Trinajstić information content (AvgIpc) is 3.37. The van der Waals surface area contributed by atoms with Gasteiger partial charge in [0.25, 0.3) is 0 Å². The number of hydrogen-bond donors (Lipinski definition) is 3. The van der Waals surface area contributed by atoms with Gasteiger partial charge in [-0.15, -0.1) is 0 Å². The Kier molecular flexibility index (Phi) is 4.88. The van der Waals surface area contributed by atoms with Crippen LogP contribution in [0, 0.1) is 0 Å². The van der Waals surface area contributed by atoms with Gasteiger partial charge in [0.2, 0.25) is 0 Å². The van der Waals surface area contributed by atoms with Crippen molar-refractivity contribution in [1.29, 1.82) is 0 Å². The maximum absolute atomic E-state index is 6.32. The molecular weight excluding hydrogens is 434 g/mol. The number of thiazole rings is 2. The Morgan fingerprint density at radius 2 is 1.26 bits per heavy atom. The van der Waals surface area contributed by atoms with Crippen LogP contribution in [0.5, 0.6) is 11.5 Å². The summed E-state index contributed by atoms with van der Waals surface area (Å²) in [6, 6.07) is 11.5. The van der Waals surface area contributed by atoms with E-state index in [1.54, 1.807) is 14.2 Å². The molecule has 5 aromatic rings. The van der Waals surface area contributed by atoms with Crippen LogP contribution in [0.25, 0.3) is 20.4 Å². The van der Waals surface area contributed by atoms with E-state index < -0.39 is 0 Å². The zero-order chi connectivity index (χ0) is 21.4. The van der Waals surface area contributed by atoms with Crippen LogP contribution in [-0.2, 0) is 0 Å². The molecule has 3 aromatic heterocycles. The molecule has 0 radical (unpaired) electrons. The van der Waals surface area contributed by atoms with Gasteiger partial charge in [-0.1, -0.05) is 22.7 Å². The van der Waals surface area contributed by atoms with Crippen LogP contribution in [0.1, 0.15) is 0 Å². The van der Waals surface area contributed by atoms with Crippen molar-refractivity contribution >= 4 is 70.7 Å². The maximum atomic E-state index is 6.32. The SMILES string of the molecule is COc1ccc2nc(Nc3ncnc(Nc4nc5ccc(OC)cc5s4)c3N)sc2c1. The molecule has 0 aliphatic heterocycles. The number of fused-ring (bicyclic) bond motifs is 2. The molecule has 2 aromatic carbocycles. The van der Waals surface area contributed by atoms with E-state index in [9.17, 15) is 0 Å². The highest BCUT2D eigenvalue weighted by Gasteiger charge is 2.13. The molecule has 5 rings (SSSR count). The molecule has 0 aliphatic carbocycles. The summed E-state index contributed by atoms with van der Waals surface area (Å²) in [5, 5.41) is 7.71. The minimum Gasteiger partial charge on any atom is -0.497 e. The van der Waals surface area contributed by atoms with Gasteiger partial charge in [-0.2, -0.15) is 0 Å². The molecule has 9 nitrogen and oxygen atoms in total. The van der Waals surface area contributed by atoms with Gasteiger partial charge in [0, 0.05) is 0 Å². The number of nitrogens with two attached hydrogens (primary N) is 1. The molecule has 0 spiro atoms. The first-order chi connectivity index (χ1) is 15.1. The van der Waals surface area contributed by atoms with Gasteiger partial charge in [0.1, 0.15) is 23.5 Å². The summed E-state index contributed by atoms with van der Waals surface area (Å²) in [6.07, 6.45) is 1.44. The van der Waals surface area contributed by atoms with Gasteiger partial charge < -0.3 is 25.8 Å². The molecule has 3 heterocycles. The fourth-order valence-electron chi connectivity index (χ4n) is 2.97. The van der Waals surface area contributed by atoms with Crippen molar-refractivity contribution in [3.05, 3.63) is 42.7 Å². The molecule has 0 saturated heterocycles. The van der Waals surface area contributed by atoms with E-state index in [2.05, 4.69) is 30.6 Å². The predicted molar refractivity (Wildman–Crippen MR) is 125 cm³/mol. The Hall–Kier alpha value is -3.70. The third-order valence-electron chi connectivity index (χ3n) is 4.53. The highest BCUT2D eigenvalue weighted by atomic mass is 32.1. The molecule has 0 aliphatic rings. The minimum atomic E-state index is 0.371. The number of rotatable bonds is 6. The summed E-state index contributed by atoms with van der Waals surface area (Å²) >= 11 is 2.97. The number of hydrogen-bond acceptors (Lipinski definition) is 11. The molecule has 31 heavy (non-hydrogen) atoms. The Balaban J connectivity index is 1.41. The quantitative estimate of drug-likeness (QED) is 0.335. The Bertz CT molecular complexity index is 1300. The number of anilines is 5. The summed E-state index contributed by atoms with van der Waals surface area (Å²) in [5.74, 6) is 2.49. The average molecular weight is 452 g/mol. The van der Waals surface area contributed by atoms with Crippen LogP contribution in [0.4, 0.5) is 27.6 Å². The largest absolute Gasteiger partial charge is 0.497 e. The van der Waals surface area contributed by atoms with Crippen molar-refractivity contribution in [2.45, 2.75) is 0 Å². The van der Waals surface area contributed by atoms with Crippen LogP contribution in [-0.4, -0.2) is 34.2 Å². The van der Waals surface area contributed by atoms with Gasteiger partial charge >= 0.3 is 0 Å². The molecule has 11 heteroatoms. The molecule has 0 saturated carbocycles. The molecule has 0 amide bonds. The predicted octanol–water partition coefficient (Wildman–Crippen LogP) is 4.78. The van der Waals surface area contributed by atoms with Crippen LogP contribution in [0.2, 0.25) is 0 Å². The highest BCUT2D eigenvalue weighted by molar-refractivity contribution is 7.22. The second-order valence-electron chi connectivity index (χ2n) is 6.44. The van der Waals surface area contributed by atoms with Crippen LogP contribution in [0.3, 0.4) is 0 Å². The van der Waals surface area contributed by atoms with Gasteiger partial charge in [0.15, 0.2) is 21.9 Å². The van der Waals surface area contributed by atoms with Crippen molar-refractivity contribution < 1.29 is 9.47 Å². The summed E-state index contributed by atoms with van der Waals surface area (Å²) in [7, 11) is 3.28. The van der Waals surface area contributed by atoms with E-state index in [0.717, 1.165) is 31.9 Å². The molecule has 0 atom stereocenters. The Morgan fingerprint density at radius 3 is 1.71 bits per heavy atom. The fourth-order valence-corrected chi connectivity index (χ4v) is 4.75. The van der Waals surface area contributed by atoms with Crippen molar-refractivity contribution in [3.8, 4) is 11.5 Å². The monoisotopic (exact) mass is 451 g/mol. The van der Waals surface area contributed by atoms with Crippen molar-refractivity contribution in [2.24, 2.45) is 0 Å². The van der Waals surface area contributed by atoms with E-state index in [0.29, 0.717) is 27.6 Å². The second-order valence-corrected chi connectivity index (χ2v) is 8.50. The normalized spacial score (nSPS) is 11.0. The lowest BCUT2D eigenvalue weighted by molar-refractivity contribution is 0.415. The lowest BCUT2D eigenvalue weighted by atomic mass is 10.3. The zero-order valence-corrected chi connectivity index (χ0v) is 18.2. The van der Waals surface area contributed by atoms with Crippen molar-refractivity contribution in [1.82, 2.24) is 19.9 Å². The van der Waals surface area contributed by atoms with E-state index >= 15 is 0 Å². The third kappa shape index (κ3) is 3.76. The standard InChI is InChI=1S/C20H17N7O2S2/c1-28-10-3-5-12-14(7-10)30-19(24-12)26-17-16(21)18(23-9-22-17)27-20-25-13-6-4-11(29-2)8-15(13)31-20/h3-9H,21H2,1-2H3,(H2,22,23,24,25,26,27). The first-order valence-corrected chi connectivity index (χ1v) is 10.8. The van der Waals surface area contributed by atoms with Crippen molar-refractivity contribution in [2.75, 3.05) is 30.6 Å². The Labute approximate surface area is 184 Å². The van der Waals surface area contributed by atoms with Gasteiger partial charge in [0.05, 0.1) is 34.7 Å². The third-order valence-corrected chi connectivity index (χ3v) is 6.39. The number of nitrogen functional groups attached to an aromatic ring is 1. The van der Waals surface area contributed by atoms with Gasteiger partial charge in [-0.3, -0.25) is 0 Å². The molecule has 4 N–H and O–H groups in total. The number of ether oxygens (including phenoxy) is 2. The van der Waals surface area contributed by atoms with Gasteiger partial charge in [-0.05, 0) is 36.4 Å². The summed E-state index contributed by atoms with van der Waals surface area (Å²) < 4.78 is 12.5. The van der Waals surface area contributed by atoms with Crippen LogP contribution < -0.4 is 25.8 Å². The number of methoxy groups -OCH3 is 2. The van der Waals surface area contributed by atoms with Crippen LogP contribution in [0.15, 0.2) is 42.7 Å². The Morgan fingerprint density at radius 1 is 0.774 bits per heavy atom. The van der Waals surface area contributed by atoms with Gasteiger partial charge in [-0.25, -0.2) is 19.9 Å². The van der Waals surface area contributed by atoms with Crippen molar-refractivity contribution in [3.63, 3.8) is 0 Å². The lowest BCUT2D eigenvalue weighted by Gasteiger charge is -2.09. The van der Waals surface area contributed by atoms with E-state index in [1.165, 1.54) is 29.0 Å². The summed E-state index contributed by atoms with van der Waals surface area (Å²) in [5.41, 5.74) is 8.42.